The number of aromatic amines is 1. The van der Waals surface area contributed by atoms with Gasteiger partial charge in [0.15, 0.2) is 0 Å². The van der Waals surface area contributed by atoms with Gasteiger partial charge in [-0.1, -0.05) is 17.7 Å². The van der Waals surface area contributed by atoms with Gasteiger partial charge in [-0.3, -0.25) is 4.90 Å². The fourth-order valence-corrected chi connectivity index (χ4v) is 3.05. The average molecular weight is 269 g/mol. The SMILES string of the molecule is C=C(C)C[C@H](c1ccc2cc[nH]c2c1)N1CCNCC1. The van der Waals surface area contributed by atoms with E-state index in [2.05, 4.69) is 53.0 Å². The summed E-state index contributed by atoms with van der Waals surface area (Å²) < 4.78 is 0. The predicted octanol–water partition coefficient (Wildman–Crippen LogP) is 3.08. The summed E-state index contributed by atoms with van der Waals surface area (Å²) in [5, 5.41) is 4.71. The molecule has 3 rings (SSSR count). The second kappa shape index (κ2) is 5.81. The number of benzene rings is 1. The van der Waals surface area contributed by atoms with Gasteiger partial charge in [-0.05, 0) is 36.4 Å². The molecule has 3 nitrogen and oxygen atoms in total. The van der Waals surface area contributed by atoms with E-state index in [4.69, 9.17) is 0 Å². The molecule has 1 aromatic carbocycles. The van der Waals surface area contributed by atoms with Crippen molar-refractivity contribution in [2.24, 2.45) is 0 Å². The van der Waals surface area contributed by atoms with Gasteiger partial charge >= 0.3 is 0 Å². The van der Waals surface area contributed by atoms with Gasteiger partial charge in [0.2, 0.25) is 0 Å². The first-order chi connectivity index (χ1) is 9.74. The van der Waals surface area contributed by atoms with Crippen LogP contribution in [-0.2, 0) is 0 Å². The number of hydrogen-bond donors (Lipinski definition) is 2. The second-order valence-corrected chi connectivity index (χ2v) is 5.79. The fourth-order valence-electron chi connectivity index (χ4n) is 3.05. The van der Waals surface area contributed by atoms with Crippen LogP contribution in [-0.4, -0.2) is 36.1 Å². The maximum absolute atomic E-state index is 4.12. The van der Waals surface area contributed by atoms with Crippen molar-refractivity contribution in [1.29, 1.82) is 0 Å². The Bertz CT molecular complexity index is 593. The minimum Gasteiger partial charge on any atom is -0.361 e. The predicted molar refractivity (Wildman–Crippen MR) is 84.9 cm³/mol. The lowest BCUT2D eigenvalue weighted by Crippen LogP contribution is -2.45. The van der Waals surface area contributed by atoms with Gasteiger partial charge in [0.05, 0.1) is 0 Å². The fraction of sp³-hybridized carbons (Fsp3) is 0.412. The molecule has 1 aromatic heterocycles. The van der Waals surface area contributed by atoms with Crippen molar-refractivity contribution in [2.75, 3.05) is 26.2 Å². The Morgan fingerprint density at radius 3 is 2.85 bits per heavy atom. The molecule has 0 unspecified atom stereocenters. The third-order valence-electron chi connectivity index (χ3n) is 4.10. The monoisotopic (exact) mass is 269 g/mol. The molecule has 0 aliphatic carbocycles. The molecule has 1 atom stereocenters. The number of H-pyrrole nitrogens is 1. The third-order valence-corrected chi connectivity index (χ3v) is 4.10. The van der Waals surface area contributed by atoms with E-state index in [0.29, 0.717) is 6.04 Å². The zero-order valence-corrected chi connectivity index (χ0v) is 12.2. The standard InChI is InChI=1S/C17H23N3/c1-13(2)11-17(20-9-7-18-8-10-20)15-4-3-14-5-6-19-16(14)12-15/h3-6,12,17-19H,1,7-11H2,2H3/t17-/m1/s1. The first-order valence-electron chi connectivity index (χ1n) is 7.40. The molecule has 0 radical (unpaired) electrons. The van der Waals surface area contributed by atoms with Crippen LogP contribution < -0.4 is 5.32 Å². The minimum absolute atomic E-state index is 0.447. The van der Waals surface area contributed by atoms with Crippen LogP contribution in [0.3, 0.4) is 0 Å². The van der Waals surface area contributed by atoms with E-state index < -0.39 is 0 Å². The van der Waals surface area contributed by atoms with Gasteiger partial charge in [-0.2, -0.15) is 0 Å². The molecule has 2 heterocycles. The van der Waals surface area contributed by atoms with E-state index in [9.17, 15) is 0 Å². The first kappa shape index (κ1) is 13.4. The van der Waals surface area contributed by atoms with Crippen molar-refractivity contribution >= 4 is 10.9 Å². The maximum Gasteiger partial charge on any atom is 0.0457 e. The van der Waals surface area contributed by atoms with Crippen LogP contribution in [0.15, 0.2) is 42.6 Å². The highest BCUT2D eigenvalue weighted by molar-refractivity contribution is 5.80. The van der Waals surface area contributed by atoms with E-state index >= 15 is 0 Å². The summed E-state index contributed by atoms with van der Waals surface area (Å²) in [5.74, 6) is 0. The maximum atomic E-state index is 4.12. The Kier molecular flexibility index (Phi) is 3.90. The number of fused-ring (bicyclic) bond motifs is 1. The summed E-state index contributed by atoms with van der Waals surface area (Å²) in [6, 6.07) is 9.35. The van der Waals surface area contributed by atoms with E-state index in [1.807, 2.05) is 6.20 Å². The molecule has 1 aliphatic heterocycles. The molecular weight excluding hydrogens is 246 g/mol. The van der Waals surface area contributed by atoms with E-state index in [1.165, 1.54) is 22.0 Å². The van der Waals surface area contributed by atoms with Crippen molar-refractivity contribution in [1.82, 2.24) is 15.2 Å². The molecule has 0 amide bonds. The van der Waals surface area contributed by atoms with Crippen LogP contribution in [0.5, 0.6) is 0 Å². The van der Waals surface area contributed by atoms with Crippen LogP contribution in [0.4, 0.5) is 0 Å². The second-order valence-electron chi connectivity index (χ2n) is 5.79. The smallest absolute Gasteiger partial charge is 0.0457 e. The van der Waals surface area contributed by atoms with E-state index in [-0.39, 0.29) is 0 Å². The molecule has 0 bridgehead atoms. The number of aromatic nitrogens is 1. The van der Waals surface area contributed by atoms with Crippen LogP contribution in [0, 0.1) is 0 Å². The normalized spacial score (nSPS) is 18.2. The van der Waals surface area contributed by atoms with Gasteiger partial charge in [-0.15, -0.1) is 6.58 Å². The summed E-state index contributed by atoms with van der Waals surface area (Å²) in [7, 11) is 0. The summed E-state index contributed by atoms with van der Waals surface area (Å²) in [6.07, 6.45) is 3.04. The summed E-state index contributed by atoms with van der Waals surface area (Å²) in [6.45, 7) is 10.6. The van der Waals surface area contributed by atoms with Gasteiger partial charge in [0.1, 0.15) is 0 Å². The van der Waals surface area contributed by atoms with Gasteiger partial charge < -0.3 is 10.3 Å². The molecule has 3 heteroatoms. The van der Waals surface area contributed by atoms with Crippen LogP contribution >= 0.6 is 0 Å². The summed E-state index contributed by atoms with van der Waals surface area (Å²) in [5.41, 5.74) is 3.87. The lowest BCUT2D eigenvalue weighted by atomic mass is 9.97. The summed E-state index contributed by atoms with van der Waals surface area (Å²) in [4.78, 5) is 5.90. The van der Waals surface area contributed by atoms with Crippen molar-refractivity contribution < 1.29 is 0 Å². The Labute approximate surface area is 120 Å². The van der Waals surface area contributed by atoms with Crippen LogP contribution in [0.2, 0.25) is 0 Å². The van der Waals surface area contributed by atoms with Gasteiger partial charge in [-0.25, -0.2) is 0 Å². The van der Waals surface area contributed by atoms with Crippen LogP contribution in [0.1, 0.15) is 24.9 Å². The minimum atomic E-state index is 0.447. The van der Waals surface area contributed by atoms with Crippen molar-refractivity contribution in [2.45, 2.75) is 19.4 Å². The van der Waals surface area contributed by atoms with Crippen molar-refractivity contribution in [3.8, 4) is 0 Å². The zero-order valence-electron chi connectivity index (χ0n) is 12.2. The molecule has 0 saturated carbocycles. The Morgan fingerprint density at radius 1 is 1.30 bits per heavy atom. The lowest BCUT2D eigenvalue weighted by molar-refractivity contribution is 0.172. The average Bonchev–Trinajstić information content (AvgIpc) is 2.93. The molecule has 20 heavy (non-hydrogen) atoms. The molecule has 1 aliphatic rings. The Hall–Kier alpha value is -1.58. The highest BCUT2D eigenvalue weighted by Crippen LogP contribution is 2.29. The Balaban J connectivity index is 1.91. The highest BCUT2D eigenvalue weighted by atomic mass is 15.2. The van der Waals surface area contributed by atoms with Crippen molar-refractivity contribution in [3.05, 3.63) is 48.2 Å². The molecule has 106 valence electrons. The quantitative estimate of drug-likeness (QED) is 0.836. The molecular formula is C17H23N3. The largest absolute Gasteiger partial charge is 0.361 e. The summed E-state index contributed by atoms with van der Waals surface area (Å²) >= 11 is 0. The molecule has 1 fully saturated rings. The number of rotatable bonds is 4. The molecule has 2 aromatic rings. The van der Waals surface area contributed by atoms with Gasteiger partial charge in [0, 0.05) is 43.9 Å². The van der Waals surface area contributed by atoms with Crippen LogP contribution in [0.25, 0.3) is 10.9 Å². The highest BCUT2D eigenvalue weighted by Gasteiger charge is 2.22. The van der Waals surface area contributed by atoms with E-state index in [0.717, 1.165) is 32.6 Å². The third kappa shape index (κ3) is 2.79. The van der Waals surface area contributed by atoms with Gasteiger partial charge in [0.25, 0.3) is 0 Å². The molecule has 0 spiro atoms. The zero-order chi connectivity index (χ0) is 13.9. The van der Waals surface area contributed by atoms with E-state index in [1.54, 1.807) is 0 Å². The molecule has 2 N–H and O–H groups in total. The number of hydrogen-bond acceptors (Lipinski definition) is 2. The number of piperazine rings is 1. The topological polar surface area (TPSA) is 31.1 Å². The van der Waals surface area contributed by atoms with Crippen molar-refractivity contribution in [3.63, 3.8) is 0 Å². The Morgan fingerprint density at radius 2 is 2.10 bits per heavy atom. The lowest BCUT2D eigenvalue weighted by Gasteiger charge is -2.35. The molecule has 1 saturated heterocycles. The first-order valence-corrected chi connectivity index (χ1v) is 7.40. The number of nitrogens with one attached hydrogen (secondary N) is 2. The number of nitrogens with zero attached hydrogens (tertiary/aromatic N) is 1.